The molecule has 0 radical (unpaired) electrons. The molecule has 0 amide bonds. The molecule has 0 aliphatic heterocycles. The van der Waals surface area contributed by atoms with Gasteiger partial charge in [-0.15, -0.1) is 0 Å². The Morgan fingerprint density at radius 1 is 0.694 bits per heavy atom. The standard InChI is InChI=1S/C44H80O16P2/c1-3-5-7-8-9-10-11-12-13-14-15-16-17-18-24-28-44(50)60-38(35-59-62(54,55)58-33-37(46)32-57-61(51,52)53)34-56-43(49)27-23-20-19-22-26-39-40(42(48)31-41(39)47)30-29-36(45)25-21-6-4-2/h19,22,29-30,36-40,42,45-46,48H,3-18,20-21,23-28,31-35H2,1-2H3,(H,54,55)(H2,51,52,53)/b22-19-,30-29+/t36-,37-,38+,39+,40+,42+/m0/s1. The maximum atomic E-state index is 12.7. The first-order valence-corrected chi connectivity index (χ1v) is 26.2. The second-order valence-corrected chi connectivity index (χ2v) is 19.2. The summed E-state index contributed by atoms with van der Waals surface area (Å²) in [7, 11) is -9.77. The fourth-order valence-electron chi connectivity index (χ4n) is 7.09. The second kappa shape index (κ2) is 35.5. The molecule has 1 rings (SSSR count). The van der Waals surface area contributed by atoms with Crippen LogP contribution in [0.3, 0.4) is 0 Å². The lowest BCUT2D eigenvalue weighted by Gasteiger charge is -2.20. The molecule has 0 heterocycles. The Hall–Kier alpha value is -1.81. The molecule has 1 fully saturated rings. The molecular weight excluding hydrogens is 846 g/mol. The summed E-state index contributed by atoms with van der Waals surface area (Å²) in [4.78, 5) is 65.5. The predicted molar refractivity (Wildman–Crippen MR) is 236 cm³/mol. The fraction of sp³-hybridized carbons (Fsp3) is 0.841. The first-order chi connectivity index (χ1) is 29.6. The number of hydrogen-bond donors (Lipinski definition) is 6. The van der Waals surface area contributed by atoms with E-state index in [4.69, 9.17) is 23.8 Å². The minimum atomic E-state index is -4.90. The van der Waals surface area contributed by atoms with Crippen molar-refractivity contribution in [1.29, 1.82) is 0 Å². The van der Waals surface area contributed by atoms with Crippen molar-refractivity contribution in [2.45, 2.75) is 199 Å². The van der Waals surface area contributed by atoms with Gasteiger partial charge in [0.15, 0.2) is 6.10 Å². The Bertz CT molecular complexity index is 1350. The highest BCUT2D eigenvalue weighted by Crippen LogP contribution is 2.44. The Balaban J connectivity index is 2.54. The second-order valence-electron chi connectivity index (χ2n) is 16.5. The van der Waals surface area contributed by atoms with Crippen LogP contribution in [0, 0.1) is 11.8 Å². The Morgan fingerprint density at radius 3 is 1.82 bits per heavy atom. The number of hydrogen-bond acceptors (Lipinski definition) is 13. The van der Waals surface area contributed by atoms with Gasteiger partial charge in [-0.2, -0.15) is 0 Å². The zero-order valence-corrected chi connectivity index (χ0v) is 39.2. The third-order valence-corrected chi connectivity index (χ3v) is 12.1. The Kier molecular flexibility index (Phi) is 33.3. The highest BCUT2D eigenvalue weighted by atomic mass is 31.2. The fourth-order valence-corrected chi connectivity index (χ4v) is 8.25. The van der Waals surface area contributed by atoms with Crippen molar-refractivity contribution in [1.82, 2.24) is 0 Å². The van der Waals surface area contributed by atoms with Gasteiger partial charge in [-0.1, -0.05) is 147 Å². The van der Waals surface area contributed by atoms with Crippen LogP contribution < -0.4 is 0 Å². The number of phosphoric ester groups is 2. The van der Waals surface area contributed by atoms with Gasteiger partial charge in [0.1, 0.15) is 18.5 Å². The van der Waals surface area contributed by atoms with E-state index in [1.807, 2.05) is 12.2 Å². The number of rotatable bonds is 40. The monoisotopic (exact) mass is 926 g/mol. The molecule has 0 aromatic carbocycles. The zero-order valence-electron chi connectivity index (χ0n) is 37.4. The number of aliphatic hydroxyl groups excluding tert-OH is 3. The van der Waals surface area contributed by atoms with Crippen LogP contribution in [0.25, 0.3) is 0 Å². The molecule has 1 aliphatic carbocycles. The first kappa shape index (κ1) is 58.2. The number of phosphoric acid groups is 2. The molecule has 0 aromatic rings. The maximum Gasteiger partial charge on any atom is 0.472 e. The molecule has 0 saturated heterocycles. The number of ether oxygens (including phenoxy) is 2. The van der Waals surface area contributed by atoms with Gasteiger partial charge in [-0.05, 0) is 32.1 Å². The average molecular weight is 927 g/mol. The average Bonchev–Trinajstić information content (AvgIpc) is 3.49. The van der Waals surface area contributed by atoms with Crippen molar-refractivity contribution in [3.05, 3.63) is 24.3 Å². The third kappa shape index (κ3) is 31.9. The topological polar surface area (TPSA) is 253 Å². The van der Waals surface area contributed by atoms with E-state index in [0.29, 0.717) is 32.1 Å². The largest absolute Gasteiger partial charge is 0.472 e. The summed E-state index contributed by atoms with van der Waals surface area (Å²) < 4.78 is 47.8. The van der Waals surface area contributed by atoms with Crippen molar-refractivity contribution < 1.29 is 76.6 Å². The normalized spacial score (nSPS) is 19.5. The SMILES string of the molecule is CCCCCCCCCCCCCCCCCC(=O)O[C@H](COC(=O)CCC/C=C\C[C@H]1C(=O)C[C@@H](O)[C@@H]1/C=C/[C@@H](O)CCCCC)COP(=O)(O)OC[C@@H](O)COP(=O)(O)O. The van der Waals surface area contributed by atoms with Gasteiger partial charge in [0.25, 0.3) is 0 Å². The minimum Gasteiger partial charge on any atom is -0.462 e. The van der Waals surface area contributed by atoms with E-state index in [2.05, 4.69) is 22.9 Å². The molecule has 6 N–H and O–H groups in total. The lowest BCUT2D eigenvalue weighted by atomic mass is 9.90. The number of Topliss-reactive ketones (excluding diaryl/α,β-unsaturated/α-hetero) is 1. The van der Waals surface area contributed by atoms with Crippen molar-refractivity contribution in [3.63, 3.8) is 0 Å². The summed E-state index contributed by atoms with van der Waals surface area (Å²) in [6, 6.07) is 0. The van der Waals surface area contributed by atoms with E-state index in [1.165, 1.54) is 64.2 Å². The summed E-state index contributed by atoms with van der Waals surface area (Å²) in [6.07, 6.45) is 25.3. The van der Waals surface area contributed by atoms with Gasteiger partial charge in [-0.3, -0.25) is 28.0 Å². The van der Waals surface area contributed by atoms with E-state index in [9.17, 15) is 43.7 Å². The number of ketones is 1. The van der Waals surface area contributed by atoms with Crippen molar-refractivity contribution in [2.75, 3.05) is 26.4 Å². The van der Waals surface area contributed by atoms with Gasteiger partial charge < -0.3 is 39.5 Å². The van der Waals surface area contributed by atoms with E-state index in [1.54, 1.807) is 12.2 Å². The lowest BCUT2D eigenvalue weighted by molar-refractivity contribution is -0.161. The Morgan fingerprint density at radius 2 is 1.23 bits per heavy atom. The van der Waals surface area contributed by atoms with Gasteiger partial charge in [0.2, 0.25) is 0 Å². The molecule has 1 saturated carbocycles. The van der Waals surface area contributed by atoms with Gasteiger partial charge in [0.05, 0.1) is 32.0 Å². The van der Waals surface area contributed by atoms with Crippen molar-refractivity contribution in [2.24, 2.45) is 11.8 Å². The highest BCUT2D eigenvalue weighted by Gasteiger charge is 2.39. The van der Waals surface area contributed by atoms with E-state index >= 15 is 0 Å². The molecule has 0 aromatic heterocycles. The van der Waals surface area contributed by atoms with E-state index < -0.39 is 84.3 Å². The number of allylic oxidation sites excluding steroid dienone is 2. The summed E-state index contributed by atoms with van der Waals surface area (Å²) in [6.45, 7) is 1.37. The van der Waals surface area contributed by atoms with Crippen LogP contribution in [-0.2, 0) is 46.6 Å². The summed E-state index contributed by atoms with van der Waals surface area (Å²) >= 11 is 0. The van der Waals surface area contributed by atoms with Crippen LogP contribution in [0.5, 0.6) is 0 Å². The molecule has 0 bridgehead atoms. The van der Waals surface area contributed by atoms with E-state index in [-0.39, 0.29) is 31.0 Å². The van der Waals surface area contributed by atoms with Crippen LogP contribution in [0.4, 0.5) is 0 Å². The maximum absolute atomic E-state index is 12.7. The van der Waals surface area contributed by atoms with Crippen LogP contribution in [0.2, 0.25) is 0 Å². The minimum absolute atomic E-state index is 0.00349. The molecule has 1 aliphatic rings. The predicted octanol–water partition coefficient (Wildman–Crippen LogP) is 8.49. The van der Waals surface area contributed by atoms with Crippen molar-refractivity contribution in [3.8, 4) is 0 Å². The van der Waals surface area contributed by atoms with Crippen LogP contribution in [-0.4, -0.2) is 98.6 Å². The summed E-state index contributed by atoms with van der Waals surface area (Å²) in [5.41, 5.74) is 0. The molecule has 16 nitrogen and oxygen atoms in total. The third-order valence-electron chi connectivity index (χ3n) is 10.7. The molecule has 18 heteroatoms. The highest BCUT2D eigenvalue weighted by molar-refractivity contribution is 7.47. The number of esters is 2. The quantitative estimate of drug-likeness (QED) is 0.0146. The van der Waals surface area contributed by atoms with Gasteiger partial charge in [-0.25, -0.2) is 9.13 Å². The smallest absolute Gasteiger partial charge is 0.462 e. The molecule has 62 heavy (non-hydrogen) atoms. The molecular formula is C44H80O16P2. The zero-order chi connectivity index (χ0) is 46.1. The Labute approximate surface area is 370 Å². The van der Waals surface area contributed by atoms with Gasteiger partial charge >= 0.3 is 27.6 Å². The van der Waals surface area contributed by atoms with Gasteiger partial charge in [0, 0.05) is 31.1 Å². The van der Waals surface area contributed by atoms with Crippen LogP contribution >= 0.6 is 15.6 Å². The van der Waals surface area contributed by atoms with Crippen LogP contribution in [0.15, 0.2) is 24.3 Å². The lowest BCUT2D eigenvalue weighted by Crippen LogP contribution is -2.30. The summed E-state index contributed by atoms with van der Waals surface area (Å²) in [5, 5.41) is 30.5. The number of aliphatic hydroxyl groups is 3. The summed E-state index contributed by atoms with van der Waals surface area (Å²) in [5.74, 6) is -2.05. The van der Waals surface area contributed by atoms with Crippen molar-refractivity contribution >= 4 is 33.4 Å². The number of carbonyl (C=O) groups excluding carboxylic acids is 3. The molecule has 0 spiro atoms. The molecule has 362 valence electrons. The number of unbranched alkanes of at least 4 members (excludes halogenated alkanes) is 17. The molecule has 1 unspecified atom stereocenters. The van der Waals surface area contributed by atoms with E-state index in [0.717, 1.165) is 44.9 Å². The molecule has 7 atom stereocenters. The van der Waals surface area contributed by atoms with Crippen LogP contribution in [0.1, 0.15) is 174 Å². The first-order valence-electron chi connectivity index (χ1n) is 23.1. The number of carbonyl (C=O) groups is 3.